The quantitative estimate of drug-likeness (QED) is 0.694. The van der Waals surface area contributed by atoms with Gasteiger partial charge in [-0.15, -0.1) is 0 Å². The normalized spacial score (nSPS) is 14.0. The maximum atomic E-state index is 9.53. The molecule has 1 aromatic rings. The van der Waals surface area contributed by atoms with Crippen molar-refractivity contribution in [2.45, 2.75) is 19.1 Å². The summed E-state index contributed by atoms with van der Waals surface area (Å²) in [5, 5.41) is 19.0. The van der Waals surface area contributed by atoms with Crippen molar-refractivity contribution < 1.29 is 10.2 Å². The molecule has 0 aliphatic carbocycles. The van der Waals surface area contributed by atoms with Gasteiger partial charge in [-0.2, -0.15) is 0 Å². The van der Waals surface area contributed by atoms with E-state index in [1.165, 1.54) is 0 Å². The van der Waals surface area contributed by atoms with Crippen LogP contribution >= 0.6 is 11.6 Å². The number of halogens is 1. The van der Waals surface area contributed by atoms with Crippen LogP contribution in [0.15, 0.2) is 24.3 Å². The molecule has 2 N–H and O–H groups in total. The average molecular weight is 211 g/mol. The first-order valence-corrected chi connectivity index (χ1v) is 4.60. The first-order valence-electron chi connectivity index (χ1n) is 4.22. The van der Waals surface area contributed by atoms with Crippen LogP contribution in [0, 0.1) is 11.8 Å². The number of aliphatic hydroxyl groups excluding tert-OH is 2. The summed E-state index contributed by atoms with van der Waals surface area (Å²) in [7, 11) is 0. The number of hydrogen-bond acceptors (Lipinski definition) is 2. The van der Waals surface area contributed by atoms with Crippen LogP contribution in [0.4, 0.5) is 0 Å². The Morgan fingerprint density at radius 2 is 1.71 bits per heavy atom. The molecule has 14 heavy (non-hydrogen) atoms. The zero-order chi connectivity index (χ0) is 10.6. The fraction of sp³-hybridized carbons (Fsp3) is 0.273. The van der Waals surface area contributed by atoms with Gasteiger partial charge in [0.05, 0.1) is 0 Å². The van der Waals surface area contributed by atoms with Crippen molar-refractivity contribution in [3.63, 3.8) is 0 Å². The predicted molar refractivity (Wildman–Crippen MR) is 55.9 cm³/mol. The van der Waals surface area contributed by atoms with Crippen LogP contribution in [0.5, 0.6) is 0 Å². The molecule has 74 valence electrons. The molecular formula is C11H11ClO2. The maximum absolute atomic E-state index is 9.53. The zero-order valence-electron chi connectivity index (χ0n) is 7.74. The van der Waals surface area contributed by atoms with Crippen LogP contribution in [0.3, 0.4) is 0 Å². The topological polar surface area (TPSA) is 40.5 Å². The lowest BCUT2D eigenvalue weighted by atomic mass is 10.1. The van der Waals surface area contributed by atoms with E-state index in [9.17, 15) is 5.11 Å². The van der Waals surface area contributed by atoms with Gasteiger partial charge in [0, 0.05) is 5.02 Å². The van der Waals surface area contributed by atoms with Gasteiger partial charge in [-0.05, 0) is 24.6 Å². The predicted octanol–water partition coefficient (Wildman–Crippen LogP) is 1.76. The molecule has 2 nitrogen and oxygen atoms in total. The molecule has 0 aliphatic rings. The summed E-state index contributed by atoms with van der Waals surface area (Å²) in [5.74, 6) is 5.01. The van der Waals surface area contributed by atoms with Gasteiger partial charge in [-0.25, -0.2) is 0 Å². The lowest BCUT2D eigenvalue weighted by molar-refractivity contribution is 0.233. The van der Waals surface area contributed by atoms with Gasteiger partial charge >= 0.3 is 0 Å². The van der Waals surface area contributed by atoms with Crippen LogP contribution in [0.25, 0.3) is 0 Å². The molecule has 0 radical (unpaired) electrons. The summed E-state index contributed by atoms with van der Waals surface area (Å²) in [5.41, 5.74) is 0.669. The van der Waals surface area contributed by atoms with Crippen LogP contribution < -0.4 is 0 Å². The highest BCUT2D eigenvalue weighted by Gasteiger charge is 2.02. The van der Waals surface area contributed by atoms with Gasteiger partial charge in [0.2, 0.25) is 0 Å². The highest BCUT2D eigenvalue weighted by molar-refractivity contribution is 6.30. The molecule has 0 aliphatic heterocycles. The third kappa shape index (κ3) is 3.39. The molecule has 0 spiro atoms. The first-order chi connectivity index (χ1) is 6.59. The molecule has 0 heterocycles. The third-order valence-electron chi connectivity index (χ3n) is 1.61. The van der Waals surface area contributed by atoms with Gasteiger partial charge in [-0.3, -0.25) is 0 Å². The second-order valence-electron chi connectivity index (χ2n) is 2.92. The minimum absolute atomic E-state index is 0.615. The summed E-state index contributed by atoms with van der Waals surface area (Å²) in [4.78, 5) is 0. The smallest absolute Gasteiger partial charge is 0.140 e. The Balaban J connectivity index is 2.76. The standard InChI is InChI=1S/C11H11ClO2/c1-8(13)2-7-11(14)9-3-5-10(12)6-4-9/h3-6,8,11,13-14H,1H3. The SMILES string of the molecule is CC(O)C#CC(O)c1ccc(Cl)cc1. The van der Waals surface area contributed by atoms with E-state index in [2.05, 4.69) is 11.8 Å². The molecule has 1 rings (SSSR count). The summed E-state index contributed by atoms with van der Waals surface area (Å²) in [6.45, 7) is 1.54. The molecule has 0 saturated heterocycles. The summed E-state index contributed by atoms with van der Waals surface area (Å²) in [6.07, 6.45) is -1.60. The lowest BCUT2D eigenvalue weighted by Gasteiger charge is -2.03. The van der Waals surface area contributed by atoms with Gasteiger partial charge in [-0.1, -0.05) is 35.6 Å². The van der Waals surface area contributed by atoms with E-state index in [1.54, 1.807) is 31.2 Å². The highest BCUT2D eigenvalue weighted by Crippen LogP contribution is 2.15. The number of aliphatic hydroxyl groups is 2. The lowest BCUT2D eigenvalue weighted by Crippen LogP contribution is -1.97. The van der Waals surface area contributed by atoms with Crippen LogP contribution in [0.2, 0.25) is 5.02 Å². The van der Waals surface area contributed by atoms with Gasteiger partial charge < -0.3 is 10.2 Å². The summed E-state index contributed by atoms with van der Waals surface area (Å²) >= 11 is 5.69. The van der Waals surface area contributed by atoms with Gasteiger partial charge in [0.15, 0.2) is 0 Å². The molecule has 0 saturated carbocycles. The van der Waals surface area contributed by atoms with Crippen LogP contribution in [-0.4, -0.2) is 16.3 Å². The third-order valence-corrected chi connectivity index (χ3v) is 1.87. The van der Waals surface area contributed by atoms with Crippen molar-refractivity contribution >= 4 is 11.6 Å². The van der Waals surface area contributed by atoms with E-state index in [1.807, 2.05) is 0 Å². The summed E-state index contributed by atoms with van der Waals surface area (Å²) < 4.78 is 0. The Hall–Kier alpha value is -1.01. The fourth-order valence-electron chi connectivity index (χ4n) is 0.928. The Bertz CT molecular complexity index is 346. The Kier molecular flexibility index (Phi) is 3.97. The van der Waals surface area contributed by atoms with Crippen molar-refractivity contribution in [1.82, 2.24) is 0 Å². The highest BCUT2D eigenvalue weighted by atomic mass is 35.5. The minimum atomic E-state index is -0.873. The van der Waals surface area contributed by atoms with Gasteiger partial charge in [0.1, 0.15) is 12.2 Å². The average Bonchev–Trinajstić information content (AvgIpc) is 2.15. The molecule has 1 aromatic carbocycles. The van der Waals surface area contributed by atoms with Crippen molar-refractivity contribution in [3.8, 4) is 11.8 Å². The number of hydrogen-bond donors (Lipinski definition) is 2. The number of benzene rings is 1. The molecule has 0 fully saturated rings. The van der Waals surface area contributed by atoms with E-state index in [0.717, 1.165) is 0 Å². The van der Waals surface area contributed by atoms with Crippen molar-refractivity contribution in [1.29, 1.82) is 0 Å². The summed E-state index contributed by atoms with van der Waals surface area (Å²) in [6, 6.07) is 6.77. The molecular weight excluding hydrogens is 200 g/mol. The maximum Gasteiger partial charge on any atom is 0.140 e. The Morgan fingerprint density at radius 1 is 1.14 bits per heavy atom. The first kappa shape index (κ1) is 11.1. The Labute approximate surface area is 88.1 Å². The second kappa shape index (κ2) is 5.02. The molecule has 3 heteroatoms. The van der Waals surface area contributed by atoms with E-state index >= 15 is 0 Å². The van der Waals surface area contributed by atoms with E-state index in [-0.39, 0.29) is 0 Å². The second-order valence-corrected chi connectivity index (χ2v) is 3.36. The molecule has 2 atom stereocenters. The largest absolute Gasteiger partial charge is 0.381 e. The molecule has 0 amide bonds. The van der Waals surface area contributed by atoms with E-state index in [4.69, 9.17) is 16.7 Å². The molecule has 2 unspecified atom stereocenters. The molecule has 0 aromatic heterocycles. The fourth-order valence-corrected chi connectivity index (χ4v) is 1.05. The minimum Gasteiger partial charge on any atom is -0.381 e. The van der Waals surface area contributed by atoms with Crippen LogP contribution in [0.1, 0.15) is 18.6 Å². The number of rotatable bonds is 1. The molecule has 0 bridgehead atoms. The van der Waals surface area contributed by atoms with E-state index < -0.39 is 12.2 Å². The monoisotopic (exact) mass is 210 g/mol. The van der Waals surface area contributed by atoms with Crippen molar-refractivity contribution in [3.05, 3.63) is 34.9 Å². The Morgan fingerprint density at radius 3 is 2.21 bits per heavy atom. The van der Waals surface area contributed by atoms with Gasteiger partial charge in [0.25, 0.3) is 0 Å². The van der Waals surface area contributed by atoms with E-state index in [0.29, 0.717) is 10.6 Å². The van der Waals surface area contributed by atoms with Crippen molar-refractivity contribution in [2.75, 3.05) is 0 Å². The zero-order valence-corrected chi connectivity index (χ0v) is 8.49. The van der Waals surface area contributed by atoms with Crippen LogP contribution in [-0.2, 0) is 0 Å². The van der Waals surface area contributed by atoms with Crippen molar-refractivity contribution in [2.24, 2.45) is 0 Å².